The van der Waals surface area contributed by atoms with E-state index in [9.17, 15) is 4.79 Å². The largest absolute Gasteiger partial charge is 0.465 e. The first-order valence-electron chi connectivity index (χ1n) is 9.73. The fourth-order valence-electron chi connectivity index (χ4n) is 3.25. The van der Waals surface area contributed by atoms with Crippen LogP contribution in [0.4, 0.5) is 0 Å². The molecular formula is C20H35N3O3. The smallest absolute Gasteiger partial charge is 0.234 e. The molecule has 1 N–H and O–H groups in total. The minimum Gasteiger partial charge on any atom is -0.465 e. The van der Waals surface area contributed by atoms with E-state index in [-0.39, 0.29) is 18.1 Å². The summed E-state index contributed by atoms with van der Waals surface area (Å²) in [6.45, 7) is 15.8. The Morgan fingerprint density at radius 1 is 1.35 bits per heavy atom. The highest BCUT2D eigenvalue weighted by Crippen LogP contribution is 2.12. The van der Waals surface area contributed by atoms with E-state index in [0.717, 1.165) is 37.8 Å². The van der Waals surface area contributed by atoms with Crippen LogP contribution in [-0.4, -0.2) is 67.2 Å². The van der Waals surface area contributed by atoms with Crippen LogP contribution in [0.25, 0.3) is 0 Å². The Kier molecular flexibility index (Phi) is 8.13. The Morgan fingerprint density at radius 2 is 2.12 bits per heavy atom. The van der Waals surface area contributed by atoms with Gasteiger partial charge >= 0.3 is 0 Å². The van der Waals surface area contributed by atoms with Crippen molar-refractivity contribution in [3.05, 3.63) is 23.7 Å². The van der Waals surface area contributed by atoms with Crippen LogP contribution in [0.2, 0.25) is 0 Å². The van der Waals surface area contributed by atoms with E-state index in [4.69, 9.17) is 9.15 Å². The molecule has 148 valence electrons. The van der Waals surface area contributed by atoms with Gasteiger partial charge in [-0.3, -0.25) is 14.6 Å². The van der Waals surface area contributed by atoms with E-state index in [1.165, 1.54) is 0 Å². The fraction of sp³-hybridized carbons (Fsp3) is 0.750. The van der Waals surface area contributed by atoms with Crippen molar-refractivity contribution in [2.75, 3.05) is 39.3 Å². The molecule has 1 amide bonds. The zero-order chi connectivity index (χ0) is 19.1. The second kappa shape index (κ2) is 10.1. The van der Waals surface area contributed by atoms with Gasteiger partial charge in [0.1, 0.15) is 11.5 Å². The Bertz CT molecular complexity index is 556. The lowest BCUT2D eigenvalue weighted by atomic mass is 10.2. The second-order valence-corrected chi connectivity index (χ2v) is 7.96. The standard InChI is InChI=1S/C20H35N3O3/c1-15(2)11-22-8-9-25-19(12-22)10-21-20(24)14-23(16(3)4)13-18-7-6-17(5)26-18/h6-7,15-16,19H,8-14H2,1-5H3,(H,21,24). The number of rotatable bonds is 9. The average molecular weight is 366 g/mol. The van der Waals surface area contributed by atoms with Crippen molar-refractivity contribution in [3.63, 3.8) is 0 Å². The molecule has 1 saturated heterocycles. The van der Waals surface area contributed by atoms with Crippen molar-refractivity contribution in [1.82, 2.24) is 15.1 Å². The molecule has 1 aliphatic heterocycles. The summed E-state index contributed by atoms with van der Waals surface area (Å²) in [6, 6.07) is 4.19. The molecule has 0 aliphatic carbocycles. The predicted molar refractivity (Wildman–Crippen MR) is 103 cm³/mol. The summed E-state index contributed by atoms with van der Waals surface area (Å²) in [5.74, 6) is 2.47. The Hall–Kier alpha value is -1.37. The monoisotopic (exact) mass is 365 g/mol. The van der Waals surface area contributed by atoms with Gasteiger partial charge in [-0.15, -0.1) is 0 Å². The highest BCUT2D eigenvalue weighted by atomic mass is 16.5. The fourth-order valence-corrected chi connectivity index (χ4v) is 3.25. The van der Waals surface area contributed by atoms with Crippen molar-refractivity contribution in [3.8, 4) is 0 Å². The molecule has 1 atom stereocenters. The first-order valence-corrected chi connectivity index (χ1v) is 9.73. The van der Waals surface area contributed by atoms with Crippen molar-refractivity contribution in [1.29, 1.82) is 0 Å². The third-order valence-electron chi connectivity index (χ3n) is 4.61. The molecule has 1 aromatic rings. The number of nitrogens with zero attached hydrogens (tertiary/aromatic N) is 2. The number of furan rings is 1. The SMILES string of the molecule is Cc1ccc(CN(CC(=O)NCC2CN(CC(C)C)CCO2)C(C)C)o1. The quantitative estimate of drug-likeness (QED) is 0.727. The highest BCUT2D eigenvalue weighted by Gasteiger charge is 2.22. The zero-order valence-corrected chi connectivity index (χ0v) is 17.0. The summed E-state index contributed by atoms with van der Waals surface area (Å²) < 4.78 is 11.5. The van der Waals surface area contributed by atoms with E-state index in [1.54, 1.807) is 0 Å². The van der Waals surface area contributed by atoms with Gasteiger partial charge < -0.3 is 14.5 Å². The number of aryl methyl sites for hydroxylation is 1. The van der Waals surface area contributed by atoms with Crippen LogP contribution in [-0.2, 0) is 16.1 Å². The zero-order valence-electron chi connectivity index (χ0n) is 17.0. The van der Waals surface area contributed by atoms with Crippen LogP contribution in [0.5, 0.6) is 0 Å². The van der Waals surface area contributed by atoms with Crippen LogP contribution in [0.15, 0.2) is 16.5 Å². The maximum atomic E-state index is 12.4. The summed E-state index contributed by atoms with van der Waals surface area (Å²) in [4.78, 5) is 16.9. The third kappa shape index (κ3) is 7.09. The third-order valence-corrected chi connectivity index (χ3v) is 4.61. The predicted octanol–water partition coefficient (Wildman–Crippen LogP) is 2.27. The van der Waals surface area contributed by atoms with E-state index in [2.05, 4.69) is 42.8 Å². The summed E-state index contributed by atoms with van der Waals surface area (Å²) in [5.41, 5.74) is 0. The van der Waals surface area contributed by atoms with Gasteiger partial charge in [-0.1, -0.05) is 13.8 Å². The van der Waals surface area contributed by atoms with Gasteiger partial charge in [0, 0.05) is 32.2 Å². The molecule has 0 aromatic carbocycles. The van der Waals surface area contributed by atoms with Gasteiger partial charge in [0.2, 0.25) is 5.91 Å². The van der Waals surface area contributed by atoms with Gasteiger partial charge in [-0.05, 0) is 38.8 Å². The molecule has 6 heteroatoms. The second-order valence-electron chi connectivity index (χ2n) is 7.96. The molecule has 6 nitrogen and oxygen atoms in total. The summed E-state index contributed by atoms with van der Waals surface area (Å²) in [6.07, 6.45) is 0.0756. The van der Waals surface area contributed by atoms with E-state index >= 15 is 0 Å². The van der Waals surface area contributed by atoms with Crippen LogP contribution in [0.3, 0.4) is 0 Å². The number of morpholine rings is 1. The minimum absolute atomic E-state index is 0.0339. The molecule has 2 rings (SSSR count). The maximum Gasteiger partial charge on any atom is 0.234 e. The topological polar surface area (TPSA) is 58.0 Å². The minimum atomic E-state index is 0.0339. The van der Waals surface area contributed by atoms with Crippen LogP contribution in [0, 0.1) is 12.8 Å². The lowest BCUT2D eigenvalue weighted by Gasteiger charge is -2.34. The lowest BCUT2D eigenvalue weighted by Crippen LogP contribution is -2.49. The number of amides is 1. The highest BCUT2D eigenvalue weighted by molar-refractivity contribution is 5.78. The Labute approximate surface area is 157 Å². The number of carbonyl (C=O) groups is 1. The van der Waals surface area contributed by atoms with E-state index < -0.39 is 0 Å². The molecule has 1 fully saturated rings. The molecule has 0 spiro atoms. The molecule has 2 heterocycles. The van der Waals surface area contributed by atoms with Gasteiger partial charge in [0.15, 0.2) is 0 Å². The summed E-state index contributed by atoms with van der Waals surface area (Å²) >= 11 is 0. The van der Waals surface area contributed by atoms with Crippen molar-refractivity contribution >= 4 is 5.91 Å². The number of hydrogen-bond donors (Lipinski definition) is 1. The summed E-state index contributed by atoms with van der Waals surface area (Å²) in [5, 5.41) is 3.04. The van der Waals surface area contributed by atoms with Crippen molar-refractivity contribution in [2.45, 2.75) is 53.3 Å². The van der Waals surface area contributed by atoms with Crippen LogP contribution in [0.1, 0.15) is 39.2 Å². The first-order chi connectivity index (χ1) is 12.3. The number of nitrogens with one attached hydrogen (secondary N) is 1. The number of hydrogen-bond acceptors (Lipinski definition) is 5. The number of carbonyl (C=O) groups excluding carboxylic acids is 1. The molecule has 0 radical (unpaired) electrons. The van der Waals surface area contributed by atoms with Gasteiger partial charge in [-0.25, -0.2) is 0 Å². The Balaban J connectivity index is 1.77. The molecule has 0 bridgehead atoms. The van der Waals surface area contributed by atoms with Gasteiger partial charge in [0.05, 0.1) is 25.8 Å². The Morgan fingerprint density at radius 3 is 2.73 bits per heavy atom. The molecular weight excluding hydrogens is 330 g/mol. The van der Waals surface area contributed by atoms with Crippen LogP contribution >= 0.6 is 0 Å². The molecule has 0 saturated carbocycles. The first kappa shape index (κ1) is 20.9. The lowest BCUT2D eigenvalue weighted by molar-refractivity contribution is -0.124. The summed E-state index contributed by atoms with van der Waals surface area (Å²) in [7, 11) is 0. The van der Waals surface area contributed by atoms with Gasteiger partial charge in [0.25, 0.3) is 0 Å². The van der Waals surface area contributed by atoms with Crippen LogP contribution < -0.4 is 5.32 Å². The van der Waals surface area contributed by atoms with Crippen molar-refractivity contribution < 1.29 is 13.9 Å². The normalized spacial score (nSPS) is 18.8. The van der Waals surface area contributed by atoms with Crippen molar-refractivity contribution in [2.24, 2.45) is 5.92 Å². The maximum absolute atomic E-state index is 12.4. The number of ether oxygens (including phenoxy) is 1. The molecule has 1 aromatic heterocycles. The molecule has 26 heavy (non-hydrogen) atoms. The van der Waals surface area contributed by atoms with E-state index in [1.807, 2.05) is 19.1 Å². The molecule has 1 aliphatic rings. The molecule has 1 unspecified atom stereocenters. The van der Waals surface area contributed by atoms with Gasteiger partial charge in [-0.2, -0.15) is 0 Å². The van der Waals surface area contributed by atoms with E-state index in [0.29, 0.717) is 25.6 Å². The average Bonchev–Trinajstić information content (AvgIpc) is 2.97.